The lowest BCUT2D eigenvalue weighted by atomic mass is 9.98. The first-order valence-electron chi connectivity index (χ1n) is 5.79. The molecule has 1 amide bonds. The highest BCUT2D eigenvalue weighted by molar-refractivity contribution is 5.94. The predicted octanol–water partition coefficient (Wildman–Crippen LogP) is 0.312. The van der Waals surface area contributed by atoms with E-state index in [1.54, 1.807) is 0 Å². The summed E-state index contributed by atoms with van der Waals surface area (Å²) in [7, 11) is 0. The number of aliphatic carboxylic acids is 1. The molecule has 0 bridgehead atoms. The molecule has 1 fully saturated rings. The van der Waals surface area contributed by atoms with E-state index in [0.717, 1.165) is 0 Å². The lowest BCUT2D eigenvalue weighted by Crippen LogP contribution is -2.42. The number of carboxylic acid groups (broad SMARTS) is 1. The lowest BCUT2D eigenvalue weighted by Gasteiger charge is -2.30. The van der Waals surface area contributed by atoms with Crippen molar-refractivity contribution >= 4 is 11.9 Å². The second-order valence-corrected chi connectivity index (χ2v) is 4.37. The molecular weight excluding hydrogens is 236 g/mol. The Morgan fingerprint density at radius 1 is 1.39 bits per heavy atom. The molecule has 0 spiro atoms. The number of carbonyl (C=O) groups is 2. The van der Waals surface area contributed by atoms with E-state index in [0.29, 0.717) is 24.9 Å². The minimum absolute atomic E-state index is 0.229. The molecule has 6 nitrogen and oxygen atoms in total. The predicted molar refractivity (Wildman–Crippen MR) is 63.3 cm³/mol. The van der Waals surface area contributed by atoms with Gasteiger partial charge in [-0.25, -0.2) is 0 Å². The van der Waals surface area contributed by atoms with Crippen LogP contribution in [0, 0.1) is 5.92 Å². The molecule has 1 aliphatic rings. The first kappa shape index (κ1) is 12.3. The zero-order valence-corrected chi connectivity index (χ0v) is 9.76. The number of carbonyl (C=O) groups excluding carboxylic acids is 1. The number of carboxylic acids is 1. The molecule has 1 aromatic heterocycles. The Labute approximate surface area is 103 Å². The number of amides is 1. The van der Waals surface area contributed by atoms with Crippen LogP contribution in [0.15, 0.2) is 23.1 Å². The van der Waals surface area contributed by atoms with Gasteiger partial charge in [-0.15, -0.1) is 0 Å². The summed E-state index contributed by atoms with van der Waals surface area (Å²) in [6.07, 6.45) is 2.64. The largest absolute Gasteiger partial charge is 0.481 e. The zero-order valence-electron chi connectivity index (χ0n) is 9.76. The van der Waals surface area contributed by atoms with Crippen molar-refractivity contribution in [2.24, 2.45) is 5.92 Å². The summed E-state index contributed by atoms with van der Waals surface area (Å²) in [6, 6.07) is 2.73. The summed E-state index contributed by atoms with van der Waals surface area (Å²) in [4.78, 5) is 37.9. The van der Waals surface area contributed by atoms with E-state index in [9.17, 15) is 14.4 Å². The molecule has 0 saturated carbocycles. The van der Waals surface area contributed by atoms with Crippen LogP contribution in [-0.2, 0) is 4.79 Å². The molecule has 0 aromatic carbocycles. The zero-order chi connectivity index (χ0) is 13.1. The van der Waals surface area contributed by atoms with Crippen LogP contribution in [0.3, 0.4) is 0 Å². The number of nitrogens with zero attached hydrogens (tertiary/aromatic N) is 1. The third-order valence-corrected chi connectivity index (χ3v) is 3.09. The number of pyridine rings is 1. The van der Waals surface area contributed by atoms with Gasteiger partial charge >= 0.3 is 5.97 Å². The van der Waals surface area contributed by atoms with Gasteiger partial charge in [0.05, 0.1) is 11.5 Å². The Bertz CT molecular complexity index is 503. The number of nitrogens with one attached hydrogen (secondary N) is 1. The number of aromatic amines is 1. The third kappa shape index (κ3) is 2.58. The molecule has 2 N–H and O–H groups in total. The van der Waals surface area contributed by atoms with Crippen LogP contribution in [0.2, 0.25) is 0 Å². The molecule has 1 atom stereocenters. The van der Waals surface area contributed by atoms with Gasteiger partial charge in [-0.1, -0.05) is 0 Å². The van der Waals surface area contributed by atoms with Crippen LogP contribution in [0.1, 0.15) is 23.2 Å². The van der Waals surface area contributed by atoms with Crippen LogP contribution < -0.4 is 5.56 Å². The van der Waals surface area contributed by atoms with Crippen molar-refractivity contribution in [1.29, 1.82) is 0 Å². The van der Waals surface area contributed by atoms with Crippen LogP contribution >= 0.6 is 0 Å². The summed E-state index contributed by atoms with van der Waals surface area (Å²) in [6.45, 7) is 0.787. The van der Waals surface area contributed by atoms with Crippen LogP contribution in [0.5, 0.6) is 0 Å². The van der Waals surface area contributed by atoms with Gasteiger partial charge in [0.15, 0.2) is 0 Å². The molecular formula is C12H14N2O4. The van der Waals surface area contributed by atoms with Gasteiger partial charge in [-0.3, -0.25) is 14.4 Å². The minimum Gasteiger partial charge on any atom is -0.481 e. The fourth-order valence-corrected chi connectivity index (χ4v) is 2.09. The Hall–Kier alpha value is -2.11. The number of likely N-dealkylation sites (tertiary alicyclic amines) is 1. The van der Waals surface area contributed by atoms with E-state index < -0.39 is 11.9 Å². The van der Waals surface area contributed by atoms with Gasteiger partial charge in [-0.05, 0) is 18.9 Å². The summed E-state index contributed by atoms with van der Waals surface area (Å²) in [5.41, 5.74) is 0.106. The number of hydrogen-bond donors (Lipinski definition) is 2. The smallest absolute Gasteiger partial charge is 0.308 e. The molecule has 1 aliphatic heterocycles. The molecule has 2 rings (SSSR count). The summed E-state index contributed by atoms with van der Waals surface area (Å²) >= 11 is 0. The summed E-state index contributed by atoms with van der Waals surface area (Å²) in [5.74, 6) is -1.60. The Morgan fingerprint density at radius 2 is 2.17 bits per heavy atom. The van der Waals surface area contributed by atoms with Crippen LogP contribution in [0.25, 0.3) is 0 Å². The average molecular weight is 250 g/mol. The standard InChI is InChI=1S/C12H14N2O4/c15-10-4-3-8(6-13-10)11(16)14-5-1-2-9(7-14)12(17)18/h3-4,6,9H,1-2,5,7H2,(H,13,15)(H,17,18)/t9-/m1/s1. The number of piperidine rings is 1. The maximum Gasteiger partial charge on any atom is 0.308 e. The maximum atomic E-state index is 12.1. The van der Waals surface area contributed by atoms with Crippen molar-refractivity contribution < 1.29 is 14.7 Å². The molecule has 0 unspecified atom stereocenters. The molecule has 18 heavy (non-hydrogen) atoms. The normalized spacial score (nSPS) is 19.6. The second kappa shape index (κ2) is 5.03. The summed E-state index contributed by atoms with van der Waals surface area (Å²) < 4.78 is 0. The van der Waals surface area contributed by atoms with E-state index in [4.69, 9.17) is 5.11 Å². The number of hydrogen-bond acceptors (Lipinski definition) is 3. The number of aromatic nitrogens is 1. The number of rotatable bonds is 2. The van der Waals surface area contributed by atoms with Gasteiger partial charge in [0, 0.05) is 25.4 Å². The summed E-state index contributed by atoms with van der Waals surface area (Å²) in [5, 5.41) is 8.96. The minimum atomic E-state index is -0.867. The fraction of sp³-hybridized carbons (Fsp3) is 0.417. The Morgan fingerprint density at radius 3 is 2.78 bits per heavy atom. The van der Waals surface area contributed by atoms with E-state index in [-0.39, 0.29) is 18.0 Å². The van der Waals surface area contributed by atoms with Crippen molar-refractivity contribution in [2.75, 3.05) is 13.1 Å². The van der Waals surface area contributed by atoms with Gasteiger partial charge < -0.3 is 15.0 Å². The molecule has 1 aromatic rings. The van der Waals surface area contributed by atoms with Crippen molar-refractivity contribution in [1.82, 2.24) is 9.88 Å². The van der Waals surface area contributed by atoms with Gasteiger partial charge in [-0.2, -0.15) is 0 Å². The van der Waals surface area contributed by atoms with Crippen molar-refractivity contribution in [2.45, 2.75) is 12.8 Å². The molecule has 6 heteroatoms. The molecule has 0 radical (unpaired) electrons. The van der Waals surface area contributed by atoms with E-state index in [1.807, 2.05) is 0 Å². The van der Waals surface area contributed by atoms with Crippen molar-refractivity contribution in [3.05, 3.63) is 34.2 Å². The van der Waals surface area contributed by atoms with Gasteiger partial charge in [0.25, 0.3) is 5.91 Å². The Balaban J connectivity index is 2.11. The first-order valence-corrected chi connectivity index (χ1v) is 5.79. The lowest BCUT2D eigenvalue weighted by molar-refractivity contribution is -0.143. The fourth-order valence-electron chi connectivity index (χ4n) is 2.09. The monoisotopic (exact) mass is 250 g/mol. The van der Waals surface area contributed by atoms with E-state index >= 15 is 0 Å². The highest BCUT2D eigenvalue weighted by atomic mass is 16.4. The molecule has 96 valence electrons. The topological polar surface area (TPSA) is 90.5 Å². The van der Waals surface area contributed by atoms with Crippen molar-refractivity contribution in [3.8, 4) is 0 Å². The quantitative estimate of drug-likeness (QED) is 0.790. The maximum absolute atomic E-state index is 12.1. The highest BCUT2D eigenvalue weighted by Crippen LogP contribution is 2.18. The molecule has 1 saturated heterocycles. The van der Waals surface area contributed by atoms with E-state index in [1.165, 1.54) is 23.2 Å². The Kier molecular flexibility index (Phi) is 3.45. The first-order chi connectivity index (χ1) is 8.58. The SMILES string of the molecule is O=C(O)[C@@H]1CCCN(C(=O)c2ccc(=O)[nH]c2)C1. The van der Waals surface area contributed by atoms with Gasteiger partial charge in [0.2, 0.25) is 5.56 Å². The van der Waals surface area contributed by atoms with Gasteiger partial charge in [0.1, 0.15) is 0 Å². The average Bonchev–Trinajstić information content (AvgIpc) is 2.39. The molecule has 2 heterocycles. The second-order valence-electron chi connectivity index (χ2n) is 4.37. The van der Waals surface area contributed by atoms with Crippen molar-refractivity contribution in [3.63, 3.8) is 0 Å². The molecule has 0 aliphatic carbocycles. The van der Waals surface area contributed by atoms with E-state index in [2.05, 4.69) is 4.98 Å². The third-order valence-electron chi connectivity index (χ3n) is 3.09. The number of H-pyrrole nitrogens is 1. The van der Waals surface area contributed by atoms with Crippen LogP contribution in [-0.4, -0.2) is 40.0 Å². The highest BCUT2D eigenvalue weighted by Gasteiger charge is 2.28. The van der Waals surface area contributed by atoms with Crippen LogP contribution in [0.4, 0.5) is 0 Å².